The van der Waals surface area contributed by atoms with Gasteiger partial charge in [0.05, 0.1) is 16.9 Å². The van der Waals surface area contributed by atoms with Crippen LogP contribution in [-0.2, 0) is 4.79 Å². The minimum Gasteiger partial charge on any atom is -0.478 e. The lowest BCUT2D eigenvalue weighted by Gasteiger charge is -2.26. The van der Waals surface area contributed by atoms with Gasteiger partial charge in [0, 0.05) is 12.5 Å². The summed E-state index contributed by atoms with van der Waals surface area (Å²) in [5.41, 5.74) is 1.27. The lowest BCUT2D eigenvalue weighted by Crippen LogP contribution is -2.28. The molecule has 1 heterocycles. The highest BCUT2D eigenvalue weighted by Crippen LogP contribution is 2.33. The van der Waals surface area contributed by atoms with E-state index in [0.29, 0.717) is 17.8 Å². The quantitative estimate of drug-likeness (QED) is 0.776. The van der Waals surface area contributed by atoms with Gasteiger partial charge in [0.25, 0.3) is 0 Å². The minimum atomic E-state index is -1.000. The zero-order chi connectivity index (χ0) is 14.9. The summed E-state index contributed by atoms with van der Waals surface area (Å²) in [5.74, 6) is -1.09. The van der Waals surface area contributed by atoms with Crippen molar-refractivity contribution in [1.29, 1.82) is 0 Å². The maximum atomic E-state index is 11.9. The lowest BCUT2D eigenvalue weighted by atomic mass is 9.87. The van der Waals surface area contributed by atoms with Gasteiger partial charge in [-0.3, -0.25) is 4.79 Å². The SMILES string of the molecule is CC(C)(C)CC1CC(=O)Nc2cccc(C(=O)O)c2N1. The van der Waals surface area contributed by atoms with Gasteiger partial charge in [-0.15, -0.1) is 0 Å². The Balaban J connectivity index is 2.38. The maximum absolute atomic E-state index is 11.9. The van der Waals surface area contributed by atoms with E-state index in [9.17, 15) is 14.7 Å². The molecule has 0 saturated heterocycles. The van der Waals surface area contributed by atoms with Gasteiger partial charge in [-0.25, -0.2) is 4.79 Å². The molecule has 1 aromatic carbocycles. The van der Waals surface area contributed by atoms with Gasteiger partial charge in [0.2, 0.25) is 5.91 Å². The average molecular weight is 276 g/mol. The van der Waals surface area contributed by atoms with E-state index in [-0.39, 0.29) is 22.9 Å². The van der Waals surface area contributed by atoms with Gasteiger partial charge >= 0.3 is 5.97 Å². The molecule has 1 amide bonds. The first-order valence-electron chi connectivity index (χ1n) is 6.69. The number of hydrogen-bond donors (Lipinski definition) is 3. The molecule has 0 spiro atoms. The van der Waals surface area contributed by atoms with Crippen molar-refractivity contribution in [3.63, 3.8) is 0 Å². The van der Waals surface area contributed by atoms with Crippen LogP contribution in [0.2, 0.25) is 0 Å². The molecule has 20 heavy (non-hydrogen) atoms. The van der Waals surface area contributed by atoms with E-state index >= 15 is 0 Å². The summed E-state index contributed by atoms with van der Waals surface area (Å²) in [6.07, 6.45) is 1.12. The number of aromatic carboxylic acids is 1. The van der Waals surface area contributed by atoms with Crippen LogP contribution < -0.4 is 10.6 Å². The second-order valence-electron chi connectivity index (χ2n) is 6.39. The number of carboxylic acids is 1. The highest BCUT2D eigenvalue weighted by atomic mass is 16.4. The Kier molecular flexibility index (Phi) is 3.70. The number of amides is 1. The van der Waals surface area contributed by atoms with Crippen LogP contribution in [0.15, 0.2) is 18.2 Å². The van der Waals surface area contributed by atoms with Crippen molar-refractivity contribution in [2.75, 3.05) is 10.6 Å². The fraction of sp³-hybridized carbons (Fsp3) is 0.467. The second-order valence-corrected chi connectivity index (χ2v) is 6.39. The van der Waals surface area contributed by atoms with Gasteiger partial charge in [0.1, 0.15) is 0 Å². The Bertz CT molecular complexity index is 547. The van der Waals surface area contributed by atoms with Crippen molar-refractivity contribution < 1.29 is 14.7 Å². The summed E-state index contributed by atoms with van der Waals surface area (Å²) in [6, 6.07) is 4.82. The lowest BCUT2D eigenvalue weighted by molar-refractivity contribution is -0.116. The molecular weight excluding hydrogens is 256 g/mol. The molecule has 1 aliphatic rings. The predicted molar refractivity (Wildman–Crippen MR) is 78.1 cm³/mol. The van der Waals surface area contributed by atoms with Gasteiger partial charge in [0.15, 0.2) is 0 Å². The molecule has 1 aromatic rings. The third kappa shape index (κ3) is 3.29. The summed E-state index contributed by atoms with van der Waals surface area (Å²) in [6.45, 7) is 6.30. The number of nitrogens with one attached hydrogen (secondary N) is 2. The van der Waals surface area contributed by atoms with Crippen molar-refractivity contribution in [1.82, 2.24) is 0 Å². The smallest absolute Gasteiger partial charge is 0.337 e. The molecular formula is C15H20N2O3. The van der Waals surface area contributed by atoms with Crippen LogP contribution in [0.5, 0.6) is 0 Å². The van der Waals surface area contributed by atoms with Crippen LogP contribution >= 0.6 is 0 Å². The zero-order valence-corrected chi connectivity index (χ0v) is 12.0. The van der Waals surface area contributed by atoms with E-state index in [4.69, 9.17) is 0 Å². The van der Waals surface area contributed by atoms with Gasteiger partial charge in [-0.05, 0) is 24.0 Å². The maximum Gasteiger partial charge on any atom is 0.337 e. The molecule has 0 bridgehead atoms. The molecule has 5 nitrogen and oxygen atoms in total. The summed E-state index contributed by atoms with van der Waals surface area (Å²) < 4.78 is 0. The number of anilines is 2. The Morgan fingerprint density at radius 2 is 2.10 bits per heavy atom. The second kappa shape index (κ2) is 5.15. The van der Waals surface area contributed by atoms with E-state index in [1.807, 2.05) is 0 Å². The topological polar surface area (TPSA) is 78.4 Å². The molecule has 108 valence electrons. The van der Waals surface area contributed by atoms with Crippen LogP contribution in [0.3, 0.4) is 0 Å². The van der Waals surface area contributed by atoms with Crippen molar-refractivity contribution in [3.05, 3.63) is 23.8 Å². The van der Waals surface area contributed by atoms with E-state index in [0.717, 1.165) is 6.42 Å². The summed E-state index contributed by atoms with van der Waals surface area (Å²) in [4.78, 5) is 23.2. The van der Waals surface area contributed by atoms with Gasteiger partial charge < -0.3 is 15.7 Å². The van der Waals surface area contributed by atoms with Crippen LogP contribution in [0.25, 0.3) is 0 Å². The number of benzene rings is 1. The number of hydrogen-bond acceptors (Lipinski definition) is 3. The van der Waals surface area contributed by atoms with Crippen molar-refractivity contribution in [2.45, 2.75) is 39.7 Å². The van der Waals surface area contributed by atoms with E-state index in [1.54, 1.807) is 18.2 Å². The number of fused-ring (bicyclic) bond motifs is 1. The predicted octanol–water partition coefficient (Wildman–Crippen LogP) is 2.94. The van der Waals surface area contributed by atoms with E-state index in [2.05, 4.69) is 31.4 Å². The van der Waals surface area contributed by atoms with Crippen molar-refractivity contribution in [2.24, 2.45) is 5.41 Å². The molecule has 0 aromatic heterocycles. The van der Waals surface area contributed by atoms with Crippen molar-refractivity contribution in [3.8, 4) is 0 Å². The van der Waals surface area contributed by atoms with Crippen LogP contribution in [0, 0.1) is 5.41 Å². The molecule has 3 N–H and O–H groups in total. The third-order valence-electron chi connectivity index (χ3n) is 3.21. The first-order valence-corrected chi connectivity index (χ1v) is 6.69. The molecule has 0 radical (unpaired) electrons. The Morgan fingerprint density at radius 1 is 1.40 bits per heavy atom. The largest absolute Gasteiger partial charge is 0.478 e. The monoisotopic (exact) mass is 276 g/mol. The average Bonchev–Trinajstić information content (AvgIpc) is 2.42. The first kappa shape index (κ1) is 14.4. The Labute approximate surface area is 118 Å². The van der Waals surface area contributed by atoms with Gasteiger partial charge in [-0.1, -0.05) is 26.8 Å². The standard InChI is InChI=1S/C15H20N2O3/c1-15(2,3)8-9-7-12(18)17-11-6-4-5-10(14(19)20)13(11)16-9/h4-6,9,16H,7-8H2,1-3H3,(H,17,18)(H,19,20). The fourth-order valence-electron chi connectivity index (χ4n) is 2.53. The number of carbonyl (C=O) groups is 2. The first-order chi connectivity index (χ1) is 9.26. The Morgan fingerprint density at radius 3 is 2.70 bits per heavy atom. The zero-order valence-electron chi connectivity index (χ0n) is 12.0. The normalized spacial score (nSPS) is 18.6. The molecule has 0 aliphatic carbocycles. The van der Waals surface area contributed by atoms with Crippen LogP contribution in [-0.4, -0.2) is 23.0 Å². The third-order valence-corrected chi connectivity index (χ3v) is 3.21. The molecule has 0 fully saturated rings. The number of carboxylic acid groups (broad SMARTS) is 1. The minimum absolute atomic E-state index is 0.0562. The summed E-state index contributed by atoms with van der Waals surface area (Å²) >= 11 is 0. The van der Waals surface area contributed by atoms with E-state index < -0.39 is 5.97 Å². The van der Waals surface area contributed by atoms with Crippen molar-refractivity contribution >= 4 is 23.3 Å². The van der Waals surface area contributed by atoms with Gasteiger partial charge in [-0.2, -0.15) is 0 Å². The molecule has 5 heteroatoms. The highest BCUT2D eigenvalue weighted by molar-refractivity contribution is 6.03. The molecule has 1 aliphatic heterocycles. The molecule has 0 saturated carbocycles. The summed E-state index contributed by atoms with van der Waals surface area (Å²) in [7, 11) is 0. The highest BCUT2D eigenvalue weighted by Gasteiger charge is 2.27. The molecule has 2 rings (SSSR count). The Hall–Kier alpha value is -2.04. The molecule has 1 atom stereocenters. The summed E-state index contributed by atoms with van der Waals surface area (Å²) in [5, 5.41) is 15.3. The molecule has 1 unspecified atom stereocenters. The van der Waals surface area contributed by atoms with E-state index in [1.165, 1.54) is 0 Å². The number of rotatable bonds is 2. The van der Waals surface area contributed by atoms with Crippen LogP contribution in [0.4, 0.5) is 11.4 Å². The fourth-order valence-corrected chi connectivity index (χ4v) is 2.53. The number of para-hydroxylation sites is 1. The van der Waals surface area contributed by atoms with Crippen LogP contribution in [0.1, 0.15) is 44.0 Å². The number of carbonyl (C=O) groups excluding carboxylic acids is 1.